The van der Waals surface area contributed by atoms with E-state index >= 15 is 0 Å². The highest BCUT2D eigenvalue weighted by Gasteiger charge is 2.27. The number of thiophene rings is 1. The van der Waals surface area contributed by atoms with Crippen molar-refractivity contribution < 1.29 is 9.52 Å². The van der Waals surface area contributed by atoms with Gasteiger partial charge in [-0.25, -0.2) is 0 Å². The maximum atomic E-state index is 10.3. The smallest absolute Gasteiger partial charge is 0.126 e. The Morgan fingerprint density at radius 1 is 1.24 bits per heavy atom. The van der Waals surface area contributed by atoms with Gasteiger partial charge in [0.05, 0.1) is 16.7 Å². The lowest BCUT2D eigenvalue weighted by Gasteiger charge is -2.26. The van der Waals surface area contributed by atoms with Crippen molar-refractivity contribution in [1.82, 2.24) is 5.32 Å². The van der Waals surface area contributed by atoms with Crippen molar-refractivity contribution in [1.29, 1.82) is 0 Å². The van der Waals surface area contributed by atoms with Gasteiger partial charge in [-0.3, -0.25) is 5.32 Å². The van der Waals surface area contributed by atoms with E-state index in [-0.39, 0.29) is 18.2 Å². The molecule has 2 heterocycles. The predicted molar refractivity (Wildman–Crippen MR) is 85.9 cm³/mol. The summed E-state index contributed by atoms with van der Waals surface area (Å²) in [5, 5.41) is 13.9. The van der Waals surface area contributed by atoms with E-state index in [0.29, 0.717) is 0 Å². The molecule has 1 aliphatic carbocycles. The van der Waals surface area contributed by atoms with Crippen LogP contribution in [-0.2, 0) is 0 Å². The Kier molecular flexibility index (Phi) is 5.01. The van der Waals surface area contributed by atoms with E-state index in [1.54, 1.807) is 17.6 Å². The fraction of sp³-hybridized carbons (Fsp3) is 0.500. The highest BCUT2D eigenvalue weighted by molar-refractivity contribution is 7.16. The summed E-state index contributed by atoms with van der Waals surface area (Å²) in [6, 6.07) is 7.84. The number of aliphatic hydroxyl groups is 1. The Morgan fingerprint density at radius 3 is 2.81 bits per heavy atom. The first-order chi connectivity index (χ1) is 10.2. The summed E-state index contributed by atoms with van der Waals surface area (Å²) in [7, 11) is 0. The molecule has 0 saturated heterocycles. The van der Waals surface area contributed by atoms with Crippen molar-refractivity contribution in [2.24, 2.45) is 0 Å². The minimum atomic E-state index is -0.291. The van der Waals surface area contributed by atoms with E-state index in [1.807, 2.05) is 24.3 Å². The zero-order valence-corrected chi connectivity index (χ0v) is 13.4. The van der Waals surface area contributed by atoms with Crippen molar-refractivity contribution in [3.8, 4) is 0 Å². The normalized spacial score (nSPS) is 24.7. The Morgan fingerprint density at radius 2 is 2.10 bits per heavy atom. The van der Waals surface area contributed by atoms with Gasteiger partial charge in [0.1, 0.15) is 11.8 Å². The quantitative estimate of drug-likeness (QED) is 0.821. The first kappa shape index (κ1) is 15.1. The van der Waals surface area contributed by atoms with Crippen LogP contribution < -0.4 is 5.32 Å². The molecule has 3 atom stereocenters. The Hall–Kier alpha value is -0.810. The van der Waals surface area contributed by atoms with Gasteiger partial charge < -0.3 is 9.52 Å². The summed E-state index contributed by atoms with van der Waals surface area (Å²) in [6.07, 6.45) is 6.72. The second-order valence-corrected chi connectivity index (χ2v) is 7.32. The zero-order chi connectivity index (χ0) is 14.7. The third-order valence-electron chi connectivity index (χ3n) is 4.07. The van der Waals surface area contributed by atoms with Gasteiger partial charge in [0.15, 0.2) is 0 Å². The molecule has 3 unspecified atom stereocenters. The summed E-state index contributed by atoms with van der Waals surface area (Å²) in [5.74, 6) is 0.866. The van der Waals surface area contributed by atoms with Crippen LogP contribution in [0.15, 0.2) is 34.9 Å². The van der Waals surface area contributed by atoms with Gasteiger partial charge in [-0.2, -0.15) is 0 Å². The van der Waals surface area contributed by atoms with Gasteiger partial charge in [-0.15, -0.1) is 11.3 Å². The van der Waals surface area contributed by atoms with Crippen molar-refractivity contribution >= 4 is 22.9 Å². The maximum Gasteiger partial charge on any atom is 0.126 e. The Balaban J connectivity index is 1.82. The number of hydrogen-bond donors (Lipinski definition) is 2. The van der Waals surface area contributed by atoms with E-state index in [4.69, 9.17) is 16.0 Å². The molecule has 1 fully saturated rings. The van der Waals surface area contributed by atoms with Crippen molar-refractivity contribution in [2.75, 3.05) is 0 Å². The summed E-state index contributed by atoms with van der Waals surface area (Å²) < 4.78 is 6.36. The van der Waals surface area contributed by atoms with Crippen LogP contribution in [0.4, 0.5) is 0 Å². The van der Waals surface area contributed by atoms with E-state index in [2.05, 4.69) is 5.32 Å². The molecule has 1 saturated carbocycles. The molecule has 114 valence electrons. The molecule has 0 radical (unpaired) electrons. The third-order valence-corrected chi connectivity index (χ3v) is 5.36. The van der Waals surface area contributed by atoms with Crippen LogP contribution in [0.5, 0.6) is 0 Å². The van der Waals surface area contributed by atoms with E-state index in [0.717, 1.165) is 40.7 Å². The molecule has 2 aromatic heterocycles. The Bertz CT molecular complexity index is 554. The molecule has 2 aromatic rings. The average molecular weight is 326 g/mol. The highest BCUT2D eigenvalue weighted by atomic mass is 35.5. The van der Waals surface area contributed by atoms with Crippen LogP contribution in [0.25, 0.3) is 0 Å². The summed E-state index contributed by atoms with van der Waals surface area (Å²) in [5.41, 5.74) is 0. The largest absolute Gasteiger partial charge is 0.467 e. The molecule has 0 aliphatic heterocycles. The molecule has 21 heavy (non-hydrogen) atoms. The van der Waals surface area contributed by atoms with Gasteiger partial charge in [-0.05, 0) is 37.1 Å². The minimum absolute atomic E-state index is 0.0461. The molecule has 2 N–H and O–H groups in total. The number of hydrogen-bond acceptors (Lipinski definition) is 4. The van der Waals surface area contributed by atoms with Gasteiger partial charge in [0.2, 0.25) is 0 Å². The molecule has 0 spiro atoms. The van der Waals surface area contributed by atoms with E-state index in [9.17, 15) is 5.11 Å². The minimum Gasteiger partial charge on any atom is -0.467 e. The van der Waals surface area contributed by atoms with Gasteiger partial charge in [-0.1, -0.05) is 30.9 Å². The number of nitrogens with one attached hydrogen (secondary N) is 1. The molecular formula is C16H20ClNO2S. The van der Waals surface area contributed by atoms with E-state index < -0.39 is 0 Å². The first-order valence-electron chi connectivity index (χ1n) is 7.47. The summed E-state index contributed by atoms with van der Waals surface area (Å²) in [6.45, 7) is 0. The van der Waals surface area contributed by atoms with Gasteiger partial charge in [0, 0.05) is 10.9 Å². The second-order valence-electron chi connectivity index (χ2n) is 5.57. The third kappa shape index (κ3) is 3.69. The van der Waals surface area contributed by atoms with Gasteiger partial charge in [0.25, 0.3) is 0 Å². The molecule has 0 bridgehead atoms. The summed E-state index contributed by atoms with van der Waals surface area (Å²) in [4.78, 5) is 1.12. The first-order valence-corrected chi connectivity index (χ1v) is 8.66. The fourth-order valence-electron chi connectivity index (χ4n) is 2.94. The van der Waals surface area contributed by atoms with Crippen LogP contribution in [0.2, 0.25) is 4.34 Å². The molecule has 1 aliphatic rings. The van der Waals surface area contributed by atoms with Crippen LogP contribution in [0.3, 0.4) is 0 Å². The van der Waals surface area contributed by atoms with Crippen LogP contribution in [0, 0.1) is 0 Å². The van der Waals surface area contributed by atoms with Crippen LogP contribution in [0.1, 0.15) is 48.8 Å². The molecular weight excluding hydrogens is 306 g/mol. The van der Waals surface area contributed by atoms with Crippen molar-refractivity contribution in [2.45, 2.75) is 50.3 Å². The lowest BCUT2D eigenvalue weighted by Crippen LogP contribution is -2.41. The monoisotopic (exact) mass is 325 g/mol. The molecule has 0 amide bonds. The van der Waals surface area contributed by atoms with Crippen LogP contribution in [-0.4, -0.2) is 17.3 Å². The zero-order valence-electron chi connectivity index (χ0n) is 11.8. The Labute approximate surface area is 133 Å². The summed E-state index contributed by atoms with van der Waals surface area (Å²) >= 11 is 7.62. The predicted octanol–water partition coefficient (Wildman–Crippen LogP) is 4.37. The number of halogens is 1. The van der Waals surface area contributed by atoms with E-state index in [1.165, 1.54) is 6.42 Å². The van der Waals surface area contributed by atoms with Gasteiger partial charge >= 0.3 is 0 Å². The highest BCUT2D eigenvalue weighted by Crippen LogP contribution is 2.33. The maximum absolute atomic E-state index is 10.3. The SMILES string of the molecule is OC1CCCCCC1NC(c1ccco1)c1ccc(Cl)s1. The standard InChI is InChI=1S/C16H20ClNO2S/c17-15-9-8-14(21-15)16(13-7-4-10-20-13)18-11-5-2-1-3-6-12(11)19/h4,7-12,16,18-19H,1-3,5-6H2. The average Bonchev–Trinajstić information content (AvgIpc) is 3.09. The second kappa shape index (κ2) is 6.97. The lowest BCUT2D eigenvalue weighted by atomic mass is 10.0. The van der Waals surface area contributed by atoms with Crippen molar-refractivity contribution in [3.63, 3.8) is 0 Å². The number of aliphatic hydroxyl groups excluding tert-OH is 1. The molecule has 0 aromatic carbocycles. The lowest BCUT2D eigenvalue weighted by molar-refractivity contribution is 0.115. The van der Waals surface area contributed by atoms with Crippen LogP contribution >= 0.6 is 22.9 Å². The number of rotatable bonds is 4. The topological polar surface area (TPSA) is 45.4 Å². The fourth-order valence-corrected chi connectivity index (χ4v) is 4.07. The molecule has 3 rings (SSSR count). The van der Waals surface area contributed by atoms with Crippen molar-refractivity contribution in [3.05, 3.63) is 45.5 Å². The molecule has 3 nitrogen and oxygen atoms in total. The molecule has 5 heteroatoms. The number of furan rings is 1.